The van der Waals surface area contributed by atoms with Gasteiger partial charge in [-0.25, -0.2) is 0 Å². The van der Waals surface area contributed by atoms with Gasteiger partial charge < -0.3 is 9.80 Å². The van der Waals surface area contributed by atoms with Gasteiger partial charge in [0.2, 0.25) is 0 Å². The molecule has 0 aliphatic heterocycles. The second kappa shape index (κ2) is 13.2. The average molecular weight is 531 g/mol. The van der Waals surface area contributed by atoms with Gasteiger partial charge in [0.25, 0.3) is 0 Å². The lowest BCUT2D eigenvalue weighted by Gasteiger charge is -2.30. The van der Waals surface area contributed by atoms with Crippen LogP contribution < -0.4 is 9.80 Å². The van der Waals surface area contributed by atoms with Gasteiger partial charge in [-0.15, -0.1) is 12.6 Å². The van der Waals surface area contributed by atoms with E-state index in [-0.39, 0.29) is 0 Å². The molecule has 0 radical (unpaired) electrons. The number of benzene rings is 4. The van der Waals surface area contributed by atoms with Crippen molar-refractivity contribution in [1.82, 2.24) is 0 Å². The minimum absolute atomic E-state index is 0.369. The lowest BCUT2D eigenvalue weighted by molar-refractivity contribution is 0.842. The third-order valence-electron chi connectivity index (χ3n) is 6.78. The molecule has 0 aliphatic carbocycles. The zero-order valence-electron chi connectivity index (χ0n) is 23.4. The average Bonchev–Trinajstić information content (AvgIpc) is 2.96. The quantitative estimate of drug-likeness (QED) is 0.161. The van der Waals surface area contributed by atoms with E-state index < -0.39 is 0 Å². The van der Waals surface area contributed by atoms with E-state index in [1.807, 2.05) is 13.0 Å². The SMILES string of the molecule is C=C/C=C(\C=C/C)N(c1cccc(N(CC)c2ccc(-c3ccccc3)cc2)c1)c1ccc(S)c(C(C)C)c1. The van der Waals surface area contributed by atoms with Gasteiger partial charge in [0.05, 0.1) is 0 Å². The van der Waals surface area contributed by atoms with E-state index >= 15 is 0 Å². The number of thiol groups is 1. The van der Waals surface area contributed by atoms with Gasteiger partial charge in [0.1, 0.15) is 0 Å². The Bertz CT molecular complexity index is 1450. The molecule has 0 atom stereocenters. The molecule has 0 saturated carbocycles. The zero-order chi connectivity index (χ0) is 27.8. The van der Waals surface area contributed by atoms with Crippen molar-refractivity contribution in [3.8, 4) is 11.1 Å². The van der Waals surface area contributed by atoms with Gasteiger partial charge in [-0.05, 0) is 97.1 Å². The molecule has 0 aliphatic rings. The molecule has 4 aromatic carbocycles. The van der Waals surface area contributed by atoms with E-state index in [0.717, 1.165) is 39.9 Å². The fraction of sp³-hybridized carbons (Fsp3) is 0.167. The summed E-state index contributed by atoms with van der Waals surface area (Å²) in [5.74, 6) is 0.369. The highest BCUT2D eigenvalue weighted by molar-refractivity contribution is 7.80. The van der Waals surface area contributed by atoms with Crippen molar-refractivity contribution in [3.05, 3.63) is 139 Å². The van der Waals surface area contributed by atoms with Crippen molar-refractivity contribution in [1.29, 1.82) is 0 Å². The molecule has 0 N–H and O–H groups in total. The van der Waals surface area contributed by atoms with Gasteiger partial charge >= 0.3 is 0 Å². The van der Waals surface area contributed by atoms with E-state index in [9.17, 15) is 0 Å². The largest absolute Gasteiger partial charge is 0.342 e. The fourth-order valence-corrected chi connectivity index (χ4v) is 5.26. The standard InChI is InChI=1S/C36H38N2S/c1-6-13-31(14-7-2)38(34-23-24-36(39)35(26-34)27(4)5)33-18-12-17-32(25-33)37(8-3)30-21-19-29(20-22-30)28-15-10-9-11-16-28/h6-7,9-27,39H,1,8H2,2-5H3/b14-7-,31-13+. The van der Waals surface area contributed by atoms with E-state index in [1.165, 1.54) is 16.7 Å². The van der Waals surface area contributed by atoms with Crippen molar-refractivity contribution >= 4 is 35.4 Å². The van der Waals surface area contributed by atoms with Crippen LogP contribution in [0.25, 0.3) is 11.1 Å². The van der Waals surface area contributed by atoms with Crippen LogP contribution in [0, 0.1) is 0 Å². The van der Waals surface area contributed by atoms with E-state index in [2.05, 4.69) is 152 Å². The van der Waals surface area contributed by atoms with Gasteiger partial charge in [-0.1, -0.05) is 81.1 Å². The molecule has 3 heteroatoms. The fourth-order valence-electron chi connectivity index (χ4n) is 4.87. The molecule has 0 spiro atoms. The summed E-state index contributed by atoms with van der Waals surface area (Å²) in [5.41, 5.74) is 9.19. The zero-order valence-corrected chi connectivity index (χ0v) is 24.3. The molecule has 0 saturated heterocycles. The van der Waals surface area contributed by atoms with Crippen molar-refractivity contribution in [2.75, 3.05) is 16.3 Å². The predicted molar refractivity (Wildman–Crippen MR) is 174 cm³/mol. The second-order valence-electron chi connectivity index (χ2n) is 9.74. The van der Waals surface area contributed by atoms with Crippen LogP contribution in [0.3, 0.4) is 0 Å². The summed E-state index contributed by atoms with van der Waals surface area (Å²) in [6, 6.07) is 34.6. The maximum atomic E-state index is 4.73. The highest BCUT2D eigenvalue weighted by Gasteiger charge is 2.17. The van der Waals surface area contributed by atoms with Crippen molar-refractivity contribution in [3.63, 3.8) is 0 Å². The summed E-state index contributed by atoms with van der Waals surface area (Å²) in [6.07, 6.45) is 8.08. The number of hydrogen-bond acceptors (Lipinski definition) is 3. The Balaban J connectivity index is 1.77. The van der Waals surface area contributed by atoms with Gasteiger partial charge in [-0.2, -0.15) is 0 Å². The molecule has 0 bridgehead atoms. The number of nitrogens with zero attached hydrogens (tertiary/aromatic N) is 2. The third kappa shape index (κ3) is 6.55. The number of rotatable bonds is 10. The molecule has 2 nitrogen and oxygen atoms in total. The smallest absolute Gasteiger partial charge is 0.0482 e. The molecular weight excluding hydrogens is 492 g/mol. The van der Waals surface area contributed by atoms with Crippen LogP contribution in [-0.2, 0) is 0 Å². The second-order valence-corrected chi connectivity index (χ2v) is 10.2. The lowest BCUT2D eigenvalue weighted by atomic mass is 10.0. The van der Waals surface area contributed by atoms with E-state index in [4.69, 9.17) is 12.6 Å². The number of hydrogen-bond donors (Lipinski definition) is 1. The van der Waals surface area contributed by atoms with Crippen LogP contribution in [0.1, 0.15) is 39.2 Å². The van der Waals surface area contributed by atoms with Crippen molar-refractivity contribution in [2.45, 2.75) is 38.5 Å². The van der Waals surface area contributed by atoms with Crippen LogP contribution in [0.2, 0.25) is 0 Å². The number of allylic oxidation sites excluding steroid dienone is 4. The van der Waals surface area contributed by atoms with Crippen molar-refractivity contribution in [2.24, 2.45) is 0 Å². The molecule has 0 fully saturated rings. The Morgan fingerprint density at radius 3 is 2.08 bits per heavy atom. The Morgan fingerprint density at radius 2 is 1.44 bits per heavy atom. The summed E-state index contributed by atoms with van der Waals surface area (Å²) < 4.78 is 0. The molecule has 39 heavy (non-hydrogen) atoms. The monoisotopic (exact) mass is 530 g/mol. The van der Waals surface area contributed by atoms with Crippen LogP contribution in [-0.4, -0.2) is 6.54 Å². The normalized spacial score (nSPS) is 11.7. The molecule has 0 amide bonds. The van der Waals surface area contributed by atoms with E-state index in [1.54, 1.807) is 0 Å². The highest BCUT2D eigenvalue weighted by atomic mass is 32.1. The Kier molecular flexibility index (Phi) is 9.51. The summed E-state index contributed by atoms with van der Waals surface area (Å²) in [4.78, 5) is 5.65. The first kappa shape index (κ1) is 28.1. The molecule has 0 unspecified atom stereocenters. The minimum Gasteiger partial charge on any atom is -0.342 e. The third-order valence-corrected chi connectivity index (χ3v) is 7.18. The van der Waals surface area contributed by atoms with Crippen LogP contribution in [0.5, 0.6) is 0 Å². The summed E-state index contributed by atoms with van der Waals surface area (Å²) in [7, 11) is 0. The molecule has 4 aromatic rings. The Labute approximate surface area is 240 Å². The summed E-state index contributed by atoms with van der Waals surface area (Å²) in [5, 5.41) is 0. The first-order valence-electron chi connectivity index (χ1n) is 13.6. The first-order valence-corrected chi connectivity index (χ1v) is 14.0. The van der Waals surface area contributed by atoms with Crippen molar-refractivity contribution < 1.29 is 0 Å². The van der Waals surface area contributed by atoms with E-state index in [0.29, 0.717) is 5.92 Å². The topological polar surface area (TPSA) is 6.48 Å². The van der Waals surface area contributed by atoms with Crippen LogP contribution in [0.4, 0.5) is 22.7 Å². The maximum absolute atomic E-state index is 4.73. The van der Waals surface area contributed by atoms with Crippen LogP contribution >= 0.6 is 12.6 Å². The Hall–Kier alpha value is -3.95. The molecule has 4 rings (SSSR count). The van der Waals surface area contributed by atoms with Gasteiger partial charge in [0.15, 0.2) is 0 Å². The summed E-state index contributed by atoms with van der Waals surface area (Å²) >= 11 is 4.73. The minimum atomic E-state index is 0.369. The molecular formula is C36H38N2S. The predicted octanol–water partition coefficient (Wildman–Crippen LogP) is 10.7. The molecule has 198 valence electrons. The Morgan fingerprint density at radius 1 is 0.795 bits per heavy atom. The summed E-state index contributed by atoms with van der Waals surface area (Å²) in [6.45, 7) is 13.5. The highest BCUT2D eigenvalue weighted by Crippen LogP contribution is 2.37. The first-order chi connectivity index (χ1) is 19.0. The molecule has 0 heterocycles. The van der Waals surface area contributed by atoms with Crippen LogP contribution in [0.15, 0.2) is 139 Å². The number of anilines is 4. The molecule has 0 aromatic heterocycles. The van der Waals surface area contributed by atoms with Gasteiger partial charge in [0, 0.05) is 39.9 Å². The maximum Gasteiger partial charge on any atom is 0.0482 e. The lowest BCUT2D eigenvalue weighted by Crippen LogP contribution is -2.18. The van der Waals surface area contributed by atoms with Gasteiger partial charge in [-0.3, -0.25) is 0 Å².